The van der Waals surface area contributed by atoms with E-state index < -0.39 is 0 Å². The number of amides is 1. The second-order valence-corrected chi connectivity index (χ2v) is 8.40. The fourth-order valence-electron chi connectivity index (χ4n) is 4.11. The van der Waals surface area contributed by atoms with E-state index in [9.17, 15) is 4.79 Å². The first-order valence-corrected chi connectivity index (χ1v) is 11.7. The lowest BCUT2D eigenvalue weighted by Gasteiger charge is -2.39. The van der Waals surface area contributed by atoms with E-state index in [0.717, 1.165) is 28.1 Å². The van der Waals surface area contributed by atoms with Gasteiger partial charge in [0, 0.05) is 11.1 Å². The third-order valence-electron chi connectivity index (χ3n) is 6.10. The normalized spacial score (nSPS) is 16.9. The third-order valence-corrected chi connectivity index (χ3v) is 6.10. The molecule has 37 heavy (non-hydrogen) atoms. The molecule has 9 nitrogen and oxygen atoms in total. The SMILES string of the molecule is C=CC(=O)N1CC(OC2=C/C(=C(/N=CN=C)Nc3cc(-c4ccoc4C)ccc3OC)CC=C2OC)C1. The van der Waals surface area contributed by atoms with E-state index in [1.54, 1.807) is 25.4 Å². The summed E-state index contributed by atoms with van der Waals surface area (Å²) in [6, 6.07) is 7.77. The smallest absolute Gasteiger partial charge is 0.246 e. The van der Waals surface area contributed by atoms with E-state index in [1.807, 2.05) is 43.3 Å². The molecule has 0 saturated carbocycles. The standard InChI is InChI=1S/C28H30N4O5/c1-6-27(33)32-15-21(16-32)37-26-14-20(8-10-25(26)35-5)28(30-17-29-3)31-23-13-19(7-9-24(23)34-4)22-11-12-36-18(22)2/h6-7,9-14,17,21,31H,1,3,8,15-16H2,2,4-5H3/b28-20-,30-17?. The summed E-state index contributed by atoms with van der Waals surface area (Å²) in [6.45, 7) is 9.93. The van der Waals surface area contributed by atoms with Crippen molar-refractivity contribution in [1.82, 2.24) is 4.90 Å². The van der Waals surface area contributed by atoms with Gasteiger partial charge < -0.3 is 28.8 Å². The molecule has 0 spiro atoms. The van der Waals surface area contributed by atoms with Gasteiger partial charge in [0.2, 0.25) is 5.91 Å². The molecule has 0 atom stereocenters. The number of benzene rings is 1. The predicted molar refractivity (Wildman–Crippen MR) is 144 cm³/mol. The molecule has 1 fully saturated rings. The molecule has 2 aromatic rings. The fraction of sp³-hybridized carbons (Fsp3) is 0.250. The largest absolute Gasteiger partial charge is 0.495 e. The lowest BCUT2D eigenvalue weighted by atomic mass is 10.0. The van der Waals surface area contributed by atoms with Crippen molar-refractivity contribution < 1.29 is 23.4 Å². The molecule has 0 radical (unpaired) electrons. The zero-order chi connectivity index (χ0) is 26.4. The number of likely N-dealkylation sites (tertiary alicyclic amines) is 1. The highest BCUT2D eigenvalue weighted by Crippen LogP contribution is 2.35. The number of carbonyl (C=O) groups is 1. The first kappa shape index (κ1) is 25.6. The summed E-state index contributed by atoms with van der Waals surface area (Å²) in [6.07, 6.45) is 8.56. The lowest BCUT2D eigenvalue weighted by molar-refractivity contribution is -0.136. The quantitative estimate of drug-likeness (QED) is 0.283. The van der Waals surface area contributed by atoms with Gasteiger partial charge in [-0.05, 0) is 62.1 Å². The Labute approximate surface area is 216 Å². The highest BCUT2D eigenvalue weighted by Gasteiger charge is 2.32. The number of carbonyl (C=O) groups excluding carboxylic acids is 1. The summed E-state index contributed by atoms with van der Waals surface area (Å²) in [4.78, 5) is 21.7. The van der Waals surface area contributed by atoms with Crippen LogP contribution in [0.15, 0.2) is 92.6 Å². The Morgan fingerprint density at radius 3 is 2.68 bits per heavy atom. The molecule has 1 aliphatic heterocycles. The van der Waals surface area contributed by atoms with Gasteiger partial charge in [-0.15, -0.1) is 0 Å². The van der Waals surface area contributed by atoms with Gasteiger partial charge in [-0.1, -0.05) is 12.6 Å². The molecule has 1 aromatic carbocycles. The second kappa shape index (κ2) is 11.5. The second-order valence-electron chi connectivity index (χ2n) is 8.40. The summed E-state index contributed by atoms with van der Waals surface area (Å²) in [7, 11) is 3.21. The lowest BCUT2D eigenvalue weighted by Crippen LogP contribution is -2.54. The van der Waals surface area contributed by atoms with Crippen LogP contribution >= 0.6 is 0 Å². The van der Waals surface area contributed by atoms with Crippen molar-refractivity contribution in [3.8, 4) is 16.9 Å². The number of nitrogens with zero attached hydrogens (tertiary/aromatic N) is 3. The molecular formula is C28H30N4O5. The molecule has 192 valence electrons. The molecule has 1 saturated heterocycles. The van der Waals surface area contributed by atoms with E-state index in [-0.39, 0.29) is 12.0 Å². The zero-order valence-corrected chi connectivity index (χ0v) is 21.2. The highest BCUT2D eigenvalue weighted by molar-refractivity contribution is 5.87. The van der Waals surface area contributed by atoms with E-state index in [2.05, 4.69) is 28.6 Å². The van der Waals surface area contributed by atoms with Gasteiger partial charge in [0.1, 0.15) is 29.8 Å². The van der Waals surface area contributed by atoms with Gasteiger partial charge >= 0.3 is 0 Å². The van der Waals surface area contributed by atoms with Crippen LogP contribution in [0.4, 0.5) is 5.69 Å². The minimum atomic E-state index is -0.141. The number of rotatable bonds is 10. The van der Waals surface area contributed by atoms with Crippen LogP contribution in [0.3, 0.4) is 0 Å². The van der Waals surface area contributed by atoms with Crippen molar-refractivity contribution in [2.24, 2.45) is 9.98 Å². The molecule has 4 rings (SSSR count). The van der Waals surface area contributed by atoms with E-state index in [0.29, 0.717) is 42.6 Å². The maximum atomic E-state index is 11.8. The van der Waals surface area contributed by atoms with Gasteiger partial charge in [-0.25, -0.2) is 4.99 Å². The molecule has 1 amide bonds. The van der Waals surface area contributed by atoms with Crippen LogP contribution in [0, 0.1) is 6.92 Å². The minimum absolute atomic E-state index is 0.111. The van der Waals surface area contributed by atoms with Crippen LogP contribution in [-0.2, 0) is 14.3 Å². The summed E-state index contributed by atoms with van der Waals surface area (Å²) in [5.74, 6) is 3.10. The van der Waals surface area contributed by atoms with Crippen molar-refractivity contribution >= 4 is 24.7 Å². The van der Waals surface area contributed by atoms with Crippen molar-refractivity contribution in [2.45, 2.75) is 19.4 Å². The highest BCUT2D eigenvalue weighted by atomic mass is 16.5. The number of nitrogens with one attached hydrogen (secondary N) is 1. The molecule has 0 bridgehead atoms. The first-order valence-electron chi connectivity index (χ1n) is 11.7. The van der Waals surface area contributed by atoms with E-state index in [4.69, 9.17) is 18.6 Å². The molecule has 0 unspecified atom stereocenters. The Morgan fingerprint density at radius 1 is 1.22 bits per heavy atom. The third kappa shape index (κ3) is 5.66. The molecule has 2 heterocycles. The first-order chi connectivity index (χ1) is 18.0. The average Bonchev–Trinajstić information content (AvgIpc) is 3.33. The molecular weight excluding hydrogens is 472 g/mol. The molecule has 1 N–H and O–H groups in total. The number of furan rings is 1. The Balaban J connectivity index is 1.65. The zero-order valence-electron chi connectivity index (χ0n) is 21.2. The van der Waals surface area contributed by atoms with Gasteiger partial charge in [-0.2, -0.15) is 0 Å². The minimum Gasteiger partial charge on any atom is -0.495 e. The van der Waals surface area contributed by atoms with Crippen LogP contribution < -0.4 is 10.1 Å². The fourth-order valence-corrected chi connectivity index (χ4v) is 4.11. The Bertz CT molecular complexity index is 1310. The molecule has 2 aliphatic rings. The van der Waals surface area contributed by atoms with Crippen LogP contribution in [0.5, 0.6) is 5.75 Å². The summed E-state index contributed by atoms with van der Waals surface area (Å²) in [5, 5.41) is 3.39. The van der Waals surface area contributed by atoms with Crippen molar-refractivity contribution in [1.29, 1.82) is 0 Å². The summed E-state index contributed by atoms with van der Waals surface area (Å²) < 4.78 is 22.8. The van der Waals surface area contributed by atoms with Crippen LogP contribution in [0.25, 0.3) is 11.1 Å². The Kier molecular flexibility index (Phi) is 7.92. The number of aryl methyl sites for hydroxylation is 1. The summed E-state index contributed by atoms with van der Waals surface area (Å²) in [5.41, 5.74) is 3.53. The van der Waals surface area contributed by atoms with Gasteiger partial charge in [0.25, 0.3) is 0 Å². The van der Waals surface area contributed by atoms with E-state index in [1.165, 1.54) is 12.4 Å². The number of anilines is 1. The Hall–Kier alpha value is -4.53. The number of hydrogen-bond acceptors (Lipinski definition) is 7. The van der Waals surface area contributed by atoms with Gasteiger partial charge in [0.05, 0.1) is 39.3 Å². The molecule has 1 aromatic heterocycles. The number of allylic oxidation sites excluding steroid dienone is 3. The van der Waals surface area contributed by atoms with Crippen LogP contribution in [-0.4, -0.2) is 57.3 Å². The molecule has 9 heteroatoms. The summed E-state index contributed by atoms with van der Waals surface area (Å²) >= 11 is 0. The Morgan fingerprint density at radius 2 is 2.03 bits per heavy atom. The van der Waals surface area contributed by atoms with Gasteiger partial charge in [0.15, 0.2) is 11.5 Å². The molecule has 1 aliphatic carbocycles. The van der Waals surface area contributed by atoms with Gasteiger partial charge in [-0.3, -0.25) is 9.79 Å². The van der Waals surface area contributed by atoms with Crippen molar-refractivity contribution in [3.05, 3.63) is 84.0 Å². The van der Waals surface area contributed by atoms with E-state index >= 15 is 0 Å². The topological polar surface area (TPSA) is 97.9 Å². The van der Waals surface area contributed by atoms with Crippen LogP contribution in [0.2, 0.25) is 0 Å². The predicted octanol–water partition coefficient (Wildman–Crippen LogP) is 4.85. The number of methoxy groups -OCH3 is 2. The van der Waals surface area contributed by atoms with Crippen molar-refractivity contribution in [2.75, 3.05) is 32.6 Å². The monoisotopic (exact) mass is 502 g/mol. The number of ether oxygens (including phenoxy) is 3. The van der Waals surface area contributed by atoms with Crippen molar-refractivity contribution in [3.63, 3.8) is 0 Å². The van der Waals surface area contributed by atoms with Crippen LogP contribution in [0.1, 0.15) is 12.2 Å². The number of hydrogen-bond donors (Lipinski definition) is 1. The maximum absolute atomic E-state index is 11.8. The number of aliphatic imine (C=N–C) groups is 2. The maximum Gasteiger partial charge on any atom is 0.246 e. The average molecular weight is 503 g/mol.